The average Bonchev–Trinajstić information content (AvgIpc) is 2.36. The third kappa shape index (κ3) is 5.06. The lowest BCUT2D eigenvalue weighted by molar-refractivity contribution is 0.244. The summed E-state index contributed by atoms with van der Waals surface area (Å²) in [6.07, 6.45) is 4.14. The van der Waals surface area contributed by atoms with Crippen LogP contribution in [0.15, 0.2) is 36.5 Å². The predicted octanol–water partition coefficient (Wildman–Crippen LogP) is 2.07. The van der Waals surface area contributed by atoms with E-state index in [1.54, 1.807) is 19.4 Å². The molecule has 0 heterocycles. The van der Waals surface area contributed by atoms with Crippen molar-refractivity contribution >= 4 is 6.03 Å². The molecule has 4 nitrogen and oxygen atoms in total. The van der Waals surface area contributed by atoms with E-state index in [-0.39, 0.29) is 6.03 Å². The molecule has 4 heteroatoms. The highest BCUT2D eigenvalue weighted by molar-refractivity contribution is 5.74. The lowest BCUT2D eigenvalue weighted by atomic mass is 10.1. The van der Waals surface area contributed by atoms with Gasteiger partial charge >= 0.3 is 6.03 Å². The Balaban J connectivity index is 2.32. The molecule has 0 aromatic heterocycles. The van der Waals surface area contributed by atoms with Gasteiger partial charge in [-0.1, -0.05) is 18.2 Å². The molecular formula is C13H18N2O2. The average molecular weight is 234 g/mol. The largest absolute Gasteiger partial charge is 0.497 e. The molecule has 1 aromatic carbocycles. The fraction of sp³-hybridized carbons (Fsp3) is 0.308. The number of carbonyl (C=O) groups is 1. The number of hydrogen-bond acceptors (Lipinski definition) is 2. The van der Waals surface area contributed by atoms with Crippen LogP contribution in [0.25, 0.3) is 0 Å². The van der Waals surface area contributed by atoms with Crippen LogP contribution in [0.2, 0.25) is 0 Å². The van der Waals surface area contributed by atoms with Crippen LogP contribution < -0.4 is 15.4 Å². The Bertz CT molecular complexity index is 389. The van der Waals surface area contributed by atoms with Crippen molar-refractivity contribution in [1.82, 2.24) is 10.6 Å². The minimum Gasteiger partial charge on any atom is -0.497 e. The Kier molecular flexibility index (Phi) is 5.64. The van der Waals surface area contributed by atoms with Gasteiger partial charge in [0.1, 0.15) is 5.75 Å². The Morgan fingerprint density at radius 1 is 1.47 bits per heavy atom. The number of rotatable bonds is 5. The molecule has 0 unspecified atom stereocenters. The SMILES string of the molecule is C/C=C/NC(=O)NCCc1cccc(OC)c1. The second-order valence-electron chi connectivity index (χ2n) is 3.50. The highest BCUT2D eigenvalue weighted by Crippen LogP contribution is 2.12. The first-order valence-corrected chi connectivity index (χ1v) is 5.54. The number of benzene rings is 1. The zero-order valence-electron chi connectivity index (χ0n) is 10.2. The minimum absolute atomic E-state index is 0.189. The summed E-state index contributed by atoms with van der Waals surface area (Å²) in [5, 5.41) is 5.35. The van der Waals surface area contributed by atoms with Crippen LogP contribution in [0.1, 0.15) is 12.5 Å². The number of urea groups is 1. The van der Waals surface area contributed by atoms with Crippen molar-refractivity contribution < 1.29 is 9.53 Å². The van der Waals surface area contributed by atoms with E-state index in [1.807, 2.05) is 31.2 Å². The van der Waals surface area contributed by atoms with Gasteiger partial charge in [0.15, 0.2) is 0 Å². The monoisotopic (exact) mass is 234 g/mol. The van der Waals surface area contributed by atoms with E-state index in [0.29, 0.717) is 6.54 Å². The molecule has 0 aliphatic rings. The summed E-state index contributed by atoms with van der Waals surface area (Å²) in [5.74, 6) is 0.834. The molecule has 0 aliphatic carbocycles. The number of nitrogens with one attached hydrogen (secondary N) is 2. The van der Waals surface area contributed by atoms with Gasteiger partial charge < -0.3 is 15.4 Å². The molecule has 0 fully saturated rings. The zero-order valence-corrected chi connectivity index (χ0v) is 10.2. The van der Waals surface area contributed by atoms with Crippen molar-refractivity contribution in [3.8, 4) is 5.75 Å². The Labute approximate surface area is 102 Å². The standard InChI is InChI=1S/C13H18N2O2/c1-3-8-14-13(16)15-9-7-11-5-4-6-12(10-11)17-2/h3-6,8,10H,7,9H2,1-2H3,(H2,14,15,16)/b8-3+. The molecule has 0 radical (unpaired) electrons. The van der Waals surface area contributed by atoms with Crippen LogP contribution in [0, 0.1) is 0 Å². The van der Waals surface area contributed by atoms with Crippen LogP contribution >= 0.6 is 0 Å². The van der Waals surface area contributed by atoms with Crippen LogP contribution in [-0.2, 0) is 6.42 Å². The molecule has 0 atom stereocenters. The topological polar surface area (TPSA) is 50.4 Å². The fourth-order valence-corrected chi connectivity index (χ4v) is 1.36. The fourth-order valence-electron chi connectivity index (χ4n) is 1.36. The number of hydrogen-bond donors (Lipinski definition) is 2. The van der Waals surface area contributed by atoms with E-state index in [2.05, 4.69) is 10.6 Å². The molecule has 17 heavy (non-hydrogen) atoms. The summed E-state index contributed by atoms with van der Waals surface area (Å²) in [5.41, 5.74) is 1.13. The molecule has 0 bridgehead atoms. The van der Waals surface area contributed by atoms with E-state index in [1.165, 1.54) is 0 Å². The quantitative estimate of drug-likeness (QED) is 0.819. The molecule has 1 rings (SSSR count). The summed E-state index contributed by atoms with van der Waals surface area (Å²) in [7, 11) is 1.64. The van der Waals surface area contributed by atoms with Gasteiger partial charge in [-0.2, -0.15) is 0 Å². The summed E-state index contributed by atoms with van der Waals surface area (Å²) in [6.45, 7) is 2.44. The molecule has 92 valence electrons. The lowest BCUT2D eigenvalue weighted by Crippen LogP contribution is -2.33. The second kappa shape index (κ2) is 7.33. The van der Waals surface area contributed by atoms with Gasteiger partial charge in [-0.15, -0.1) is 0 Å². The molecule has 0 saturated carbocycles. The van der Waals surface area contributed by atoms with E-state index in [4.69, 9.17) is 4.74 Å². The third-order valence-electron chi connectivity index (χ3n) is 2.21. The number of allylic oxidation sites excluding steroid dienone is 1. The minimum atomic E-state index is -0.189. The van der Waals surface area contributed by atoms with E-state index in [0.717, 1.165) is 17.7 Å². The third-order valence-corrected chi connectivity index (χ3v) is 2.21. The molecule has 1 aromatic rings. The summed E-state index contributed by atoms with van der Waals surface area (Å²) < 4.78 is 5.13. The maximum atomic E-state index is 11.2. The van der Waals surface area contributed by atoms with Crippen molar-refractivity contribution in [3.63, 3.8) is 0 Å². The highest BCUT2D eigenvalue weighted by Gasteiger charge is 1.98. The van der Waals surface area contributed by atoms with Crippen molar-refractivity contribution in [2.75, 3.05) is 13.7 Å². The Hall–Kier alpha value is -1.97. The molecule has 0 saturated heterocycles. The first-order valence-electron chi connectivity index (χ1n) is 5.54. The van der Waals surface area contributed by atoms with Crippen molar-refractivity contribution in [1.29, 1.82) is 0 Å². The lowest BCUT2D eigenvalue weighted by Gasteiger charge is -2.06. The van der Waals surface area contributed by atoms with Crippen LogP contribution in [0.5, 0.6) is 5.75 Å². The molecule has 0 spiro atoms. The summed E-state index contributed by atoms with van der Waals surface area (Å²) in [4.78, 5) is 11.2. The number of methoxy groups -OCH3 is 1. The van der Waals surface area contributed by atoms with Gasteiger partial charge in [-0.25, -0.2) is 4.79 Å². The maximum Gasteiger partial charge on any atom is 0.318 e. The van der Waals surface area contributed by atoms with Crippen LogP contribution in [0.3, 0.4) is 0 Å². The first-order chi connectivity index (χ1) is 8.26. The number of ether oxygens (including phenoxy) is 1. The molecule has 0 aliphatic heterocycles. The maximum absolute atomic E-state index is 11.2. The van der Waals surface area contributed by atoms with Crippen molar-refractivity contribution in [3.05, 3.63) is 42.1 Å². The number of amides is 2. The van der Waals surface area contributed by atoms with Gasteiger partial charge in [0.2, 0.25) is 0 Å². The van der Waals surface area contributed by atoms with E-state index < -0.39 is 0 Å². The van der Waals surface area contributed by atoms with Gasteiger partial charge in [-0.3, -0.25) is 0 Å². The highest BCUT2D eigenvalue weighted by atomic mass is 16.5. The number of carbonyl (C=O) groups excluding carboxylic acids is 1. The van der Waals surface area contributed by atoms with Gasteiger partial charge in [-0.05, 0) is 31.0 Å². The zero-order chi connectivity index (χ0) is 12.5. The Morgan fingerprint density at radius 3 is 3.00 bits per heavy atom. The van der Waals surface area contributed by atoms with Gasteiger partial charge in [0, 0.05) is 12.7 Å². The van der Waals surface area contributed by atoms with Crippen LogP contribution in [-0.4, -0.2) is 19.7 Å². The summed E-state index contributed by atoms with van der Waals surface area (Å²) in [6, 6.07) is 7.62. The smallest absolute Gasteiger partial charge is 0.318 e. The molecule has 2 amide bonds. The predicted molar refractivity (Wildman–Crippen MR) is 68.0 cm³/mol. The van der Waals surface area contributed by atoms with Crippen molar-refractivity contribution in [2.45, 2.75) is 13.3 Å². The van der Waals surface area contributed by atoms with Crippen molar-refractivity contribution in [2.24, 2.45) is 0 Å². The summed E-state index contributed by atoms with van der Waals surface area (Å²) >= 11 is 0. The molecular weight excluding hydrogens is 216 g/mol. The van der Waals surface area contributed by atoms with E-state index in [9.17, 15) is 4.79 Å². The van der Waals surface area contributed by atoms with Gasteiger partial charge in [0.05, 0.1) is 7.11 Å². The normalized spacial score (nSPS) is 10.2. The first kappa shape index (κ1) is 13.1. The van der Waals surface area contributed by atoms with E-state index >= 15 is 0 Å². The van der Waals surface area contributed by atoms with Crippen LogP contribution in [0.4, 0.5) is 4.79 Å². The second-order valence-corrected chi connectivity index (χ2v) is 3.50. The molecule has 2 N–H and O–H groups in total. The Morgan fingerprint density at radius 2 is 2.29 bits per heavy atom. The van der Waals surface area contributed by atoms with Gasteiger partial charge in [0.25, 0.3) is 0 Å².